The summed E-state index contributed by atoms with van der Waals surface area (Å²) in [5.41, 5.74) is 5.33. The van der Waals surface area contributed by atoms with Gasteiger partial charge in [0, 0.05) is 12.8 Å². The zero-order chi connectivity index (χ0) is 41.4. The third-order valence-corrected chi connectivity index (χ3v) is 10.1. The maximum absolute atomic E-state index is 12.6. The first-order chi connectivity index (χ1) is 27.1. The van der Waals surface area contributed by atoms with Crippen LogP contribution in [0.25, 0.3) is 0 Å². The molecule has 4 N–H and O–H groups in total. The van der Waals surface area contributed by atoms with E-state index in [1.54, 1.807) is 0 Å². The summed E-state index contributed by atoms with van der Waals surface area (Å²) in [4.78, 5) is 45.9. The molecule has 0 fully saturated rings. The fourth-order valence-corrected chi connectivity index (χ4v) is 6.54. The Hall–Kier alpha value is -2.56. The lowest BCUT2D eigenvalue weighted by Crippen LogP contribution is -2.34. The highest BCUT2D eigenvalue weighted by molar-refractivity contribution is 7.47. The van der Waals surface area contributed by atoms with Gasteiger partial charge >= 0.3 is 25.7 Å². The summed E-state index contributed by atoms with van der Waals surface area (Å²) in [6.07, 6.45) is 42.0. The number of unbranched alkanes of at least 4 members (excludes halogenated alkanes) is 20. The Kier molecular flexibility index (Phi) is 37.5. The standard InChI is InChI=1S/C44H78NO10P/c1-3-5-7-9-11-13-15-17-19-20-22-24-26-28-30-32-34-36-43(47)55-40(38-53-56(50,51)54-39-41(45)44(48)49)37-52-42(46)35-33-31-29-27-25-23-21-18-16-14-12-10-8-6-4-2/h4,11,13,17,19,22,24,40-41H,2-3,5-10,12,14-16,18,20-21,23,25-39,45H2,1H3,(H,48,49)(H,50,51)/b13-11+,19-17+,24-22+/t40-,41+/m1/s1. The van der Waals surface area contributed by atoms with Crippen LogP contribution in [0.5, 0.6) is 0 Å². The zero-order valence-corrected chi connectivity index (χ0v) is 35.7. The smallest absolute Gasteiger partial charge is 0.472 e. The molecule has 12 heteroatoms. The van der Waals surface area contributed by atoms with E-state index in [1.165, 1.54) is 77.0 Å². The maximum atomic E-state index is 12.6. The molecule has 0 saturated heterocycles. The highest BCUT2D eigenvalue weighted by atomic mass is 31.2. The summed E-state index contributed by atoms with van der Waals surface area (Å²) < 4.78 is 32.7. The minimum Gasteiger partial charge on any atom is -0.480 e. The van der Waals surface area contributed by atoms with E-state index in [1.807, 2.05) is 6.08 Å². The van der Waals surface area contributed by atoms with E-state index in [9.17, 15) is 23.8 Å². The third-order valence-electron chi connectivity index (χ3n) is 9.20. The fourth-order valence-electron chi connectivity index (χ4n) is 5.76. The number of aliphatic carboxylic acids is 1. The van der Waals surface area contributed by atoms with Crippen molar-refractivity contribution in [3.63, 3.8) is 0 Å². The molecule has 0 spiro atoms. The first-order valence-corrected chi connectivity index (χ1v) is 23.1. The van der Waals surface area contributed by atoms with E-state index < -0.39 is 51.1 Å². The number of phosphoric ester groups is 1. The second-order valence-electron chi connectivity index (χ2n) is 14.6. The predicted octanol–water partition coefficient (Wildman–Crippen LogP) is 11.4. The quantitative estimate of drug-likeness (QED) is 0.0232. The van der Waals surface area contributed by atoms with Crippen LogP contribution < -0.4 is 5.73 Å². The Morgan fingerprint density at radius 3 is 1.54 bits per heavy atom. The topological polar surface area (TPSA) is 172 Å². The predicted molar refractivity (Wildman–Crippen MR) is 226 cm³/mol. The van der Waals surface area contributed by atoms with Gasteiger partial charge in [0.1, 0.15) is 12.6 Å². The summed E-state index contributed by atoms with van der Waals surface area (Å²) in [6, 6.07) is -1.53. The van der Waals surface area contributed by atoms with E-state index in [2.05, 4.69) is 54.5 Å². The lowest BCUT2D eigenvalue weighted by atomic mass is 10.0. The van der Waals surface area contributed by atoms with Crippen LogP contribution in [0.4, 0.5) is 0 Å². The Morgan fingerprint density at radius 1 is 0.607 bits per heavy atom. The summed E-state index contributed by atoms with van der Waals surface area (Å²) in [7, 11) is -4.72. The van der Waals surface area contributed by atoms with Gasteiger partial charge in [0.2, 0.25) is 0 Å². The van der Waals surface area contributed by atoms with Crippen molar-refractivity contribution >= 4 is 25.7 Å². The number of hydrogen-bond donors (Lipinski definition) is 3. The van der Waals surface area contributed by atoms with Gasteiger partial charge in [-0.2, -0.15) is 0 Å². The molecule has 0 bridgehead atoms. The molecule has 0 heterocycles. The van der Waals surface area contributed by atoms with Crippen molar-refractivity contribution in [2.45, 2.75) is 192 Å². The fraction of sp³-hybridized carbons (Fsp3) is 0.750. The van der Waals surface area contributed by atoms with Crippen molar-refractivity contribution in [3.8, 4) is 0 Å². The van der Waals surface area contributed by atoms with Gasteiger partial charge < -0.3 is 25.2 Å². The van der Waals surface area contributed by atoms with Crippen LogP contribution in [0.1, 0.15) is 180 Å². The summed E-state index contributed by atoms with van der Waals surface area (Å²) in [5.74, 6) is -2.41. The van der Waals surface area contributed by atoms with Gasteiger partial charge in [0.25, 0.3) is 0 Å². The number of ether oxygens (including phenoxy) is 2. The summed E-state index contributed by atoms with van der Waals surface area (Å²) >= 11 is 0. The number of hydrogen-bond acceptors (Lipinski definition) is 9. The Balaban J connectivity index is 4.40. The van der Waals surface area contributed by atoms with Crippen molar-refractivity contribution in [1.82, 2.24) is 0 Å². The zero-order valence-electron chi connectivity index (χ0n) is 34.8. The van der Waals surface area contributed by atoms with Crippen molar-refractivity contribution in [2.75, 3.05) is 19.8 Å². The lowest BCUT2D eigenvalue weighted by molar-refractivity contribution is -0.161. The number of nitrogens with two attached hydrogens (primary N) is 1. The molecule has 11 nitrogen and oxygen atoms in total. The largest absolute Gasteiger partial charge is 0.480 e. The van der Waals surface area contributed by atoms with E-state index in [0.717, 1.165) is 70.6 Å². The number of carboxylic acid groups (broad SMARTS) is 1. The van der Waals surface area contributed by atoms with Crippen molar-refractivity contribution in [2.24, 2.45) is 5.73 Å². The van der Waals surface area contributed by atoms with Gasteiger partial charge in [0.15, 0.2) is 6.10 Å². The molecule has 0 aliphatic heterocycles. The van der Waals surface area contributed by atoms with Crippen LogP contribution in [0.2, 0.25) is 0 Å². The average molecular weight is 812 g/mol. The molecule has 0 aromatic carbocycles. The van der Waals surface area contributed by atoms with Gasteiger partial charge in [-0.25, -0.2) is 4.57 Å². The molecular weight excluding hydrogens is 733 g/mol. The summed E-state index contributed by atoms with van der Waals surface area (Å²) in [5, 5.41) is 8.88. The molecule has 0 amide bonds. The lowest BCUT2D eigenvalue weighted by Gasteiger charge is -2.20. The second-order valence-corrected chi connectivity index (χ2v) is 16.0. The highest BCUT2D eigenvalue weighted by Gasteiger charge is 2.28. The normalized spacial score (nSPS) is 14.0. The maximum Gasteiger partial charge on any atom is 0.472 e. The highest BCUT2D eigenvalue weighted by Crippen LogP contribution is 2.43. The molecule has 3 atom stereocenters. The molecular formula is C44H78NO10P. The Morgan fingerprint density at radius 2 is 1.04 bits per heavy atom. The summed E-state index contributed by atoms with van der Waals surface area (Å²) in [6.45, 7) is 4.27. The van der Waals surface area contributed by atoms with Crippen LogP contribution in [-0.2, 0) is 37.5 Å². The molecule has 56 heavy (non-hydrogen) atoms. The van der Waals surface area contributed by atoms with Gasteiger partial charge in [-0.05, 0) is 64.2 Å². The molecule has 0 aliphatic carbocycles. The van der Waals surface area contributed by atoms with Crippen molar-refractivity contribution < 1.29 is 47.5 Å². The van der Waals surface area contributed by atoms with Gasteiger partial charge in [-0.15, -0.1) is 6.58 Å². The minimum absolute atomic E-state index is 0.134. The number of carboxylic acids is 1. The molecule has 0 rings (SSSR count). The number of phosphoric acid groups is 1. The first-order valence-electron chi connectivity index (χ1n) is 21.6. The number of carbonyl (C=O) groups is 3. The third kappa shape index (κ3) is 38.3. The van der Waals surface area contributed by atoms with Crippen molar-refractivity contribution in [1.29, 1.82) is 0 Å². The number of esters is 2. The van der Waals surface area contributed by atoms with E-state index in [4.69, 9.17) is 24.8 Å². The van der Waals surface area contributed by atoms with Crippen LogP contribution >= 0.6 is 7.82 Å². The molecule has 0 radical (unpaired) electrons. The molecule has 0 aromatic heterocycles. The van der Waals surface area contributed by atoms with Gasteiger partial charge in [-0.3, -0.25) is 23.4 Å². The van der Waals surface area contributed by atoms with Crippen LogP contribution in [-0.4, -0.2) is 59.9 Å². The Bertz CT molecular complexity index is 1130. The minimum atomic E-state index is -4.72. The van der Waals surface area contributed by atoms with E-state index >= 15 is 0 Å². The van der Waals surface area contributed by atoms with Crippen LogP contribution in [0.3, 0.4) is 0 Å². The van der Waals surface area contributed by atoms with Gasteiger partial charge in [-0.1, -0.05) is 146 Å². The van der Waals surface area contributed by atoms with Crippen LogP contribution in [0.15, 0.2) is 49.1 Å². The SMILES string of the molecule is C=CCCCCCCCCCCCCCCCC(=O)OC[C@H](COP(=O)(O)OC[C@H](N)C(=O)O)OC(=O)CCCCCC/C=C/C/C=C/C/C=C/CCCCC. The first kappa shape index (κ1) is 53.4. The van der Waals surface area contributed by atoms with Crippen molar-refractivity contribution in [3.05, 3.63) is 49.1 Å². The van der Waals surface area contributed by atoms with E-state index in [0.29, 0.717) is 12.8 Å². The molecule has 1 unspecified atom stereocenters. The Labute approximate surface area is 339 Å². The number of rotatable bonds is 41. The van der Waals surface area contributed by atoms with Gasteiger partial charge in [0.05, 0.1) is 13.2 Å². The average Bonchev–Trinajstić information content (AvgIpc) is 3.17. The molecule has 0 aromatic rings. The van der Waals surface area contributed by atoms with Crippen LogP contribution in [0, 0.1) is 0 Å². The van der Waals surface area contributed by atoms with E-state index in [-0.39, 0.29) is 19.4 Å². The second kappa shape index (κ2) is 39.3. The monoisotopic (exact) mass is 812 g/mol. The molecule has 324 valence electrons. The number of carbonyl (C=O) groups excluding carboxylic acids is 2. The molecule has 0 saturated carbocycles. The molecule has 0 aliphatic rings. The number of allylic oxidation sites excluding steroid dienone is 7.